The summed E-state index contributed by atoms with van der Waals surface area (Å²) in [5.41, 5.74) is -0.149. The highest BCUT2D eigenvalue weighted by molar-refractivity contribution is 7.92. The maximum Gasteiger partial charge on any atom is 0.241 e. The van der Waals surface area contributed by atoms with E-state index in [2.05, 4.69) is 5.32 Å². The summed E-state index contributed by atoms with van der Waals surface area (Å²) in [5, 5.41) is 2.61. The maximum atomic E-state index is 13.5. The first-order chi connectivity index (χ1) is 13.6. The highest BCUT2D eigenvalue weighted by Crippen LogP contribution is 2.20. The Morgan fingerprint density at radius 1 is 1.10 bits per heavy atom. The summed E-state index contributed by atoms with van der Waals surface area (Å²) in [6.45, 7) is 1.24. The van der Waals surface area contributed by atoms with Crippen LogP contribution in [0.1, 0.15) is 6.92 Å². The van der Waals surface area contributed by atoms with Crippen molar-refractivity contribution in [3.63, 3.8) is 0 Å². The molecule has 29 heavy (non-hydrogen) atoms. The van der Waals surface area contributed by atoms with Crippen LogP contribution in [0.3, 0.4) is 0 Å². The van der Waals surface area contributed by atoms with Crippen molar-refractivity contribution in [2.45, 2.75) is 13.0 Å². The Kier molecular flexibility index (Phi) is 7.38. The zero-order chi connectivity index (χ0) is 21.6. The number of ether oxygens (including phenoxy) is 2. The van der Waals surface area contributed by atoms with Gasteiger partial charge in [0.15, 0.2) is 11.6 Å². The van der Waals surface area contributed by atoms with Gasteiger partial charge >= 0.3 is 0 Å². The van der Waals surface area contributed by atoms with Crippen LogP contribution in [0.4, 0.5) is 14.5 Å². The number of amides is 1. The monoisotopic (exact) mass is 428 g/mol. The smallest absolute Gasteiger partial charge is 0.241 e. The third kappa shape index (κ3) is 6.60. The Labute approximate surface area is 168 Å². The van der Waals surface area contributed by atoms with E-state index in [1.165, 1.54) is 0 Å². The van der Waals surface area contributed by atoms with Gasteiger partial charge in [0.2, 0.25) is 15.9 Å². The van der Waals surface area contributed by atoms with E-state index in [0.29, 0.717) is 15.8 Å². The van der Waals surface area contributed by atoms with Gasteiger partial charge in [-0.05, 0) is 43.3 Å². The zero-order valence-corrected chi connectivity index (χ0v) is 17.0. The van der Waals surface area contributed by atoms with E-state index in [4.69, 9.17) is 9.47 Å². The van der Waals surface area contributed by atoms with Gasteiger partial charge in [-0.25, -0.2) is 17.2 Å². The van der Waals surface area contributed by atoms with Gasteiger partial charge in [-0.2, -0.15) is 0 Å². The predicted octanol–water partition coefficient (Wildman–Crippen LogP) is 2.32. The number of rotatable bonds is 9. The molecule has 7 nitrogen and oxygen atoms in total. The van der Waals surface area contributed by atoms with E-state index < -0.39 is 40.2 Å². The van der Waals surface area contributed by atoms with Crippen molar-refractivity contribution in [3.05, 3.63) is 54.1 Å². The van der Waals surface area contributed by atoms with E-state index in [9.17, 15) is 22.0 Å². The molecular formula is C19H22F2N2O5S. The molecule has 2 rings (SSSR count). The van der Waals surface area contributed by atoms with E-state index in [1.807, 2.05) is 0 Å². The molecule has 1 atom stereocenters. The number of methoxy groups -OCH3 is 1. The van der Waals surface area contributed by atoms with Crippen LogP contribution in [0.15, 0.2) is 42.5 Å². The minimum absolute atomic E-state index is 0.141. The van der Waals surface area contributed by atoms with Crippen LogP contribution in [-0.4, -0.2) is 46.9 Å². The van der Waals surface area contributed by atoms with Crippen LogP contribution in [0.25, 0.3) is 0 Å². The Balaban J connectivity index is 1.97. The lowest BCUT2D eigenvalue weighted by molar-refractivity contribution is -0.120. The second-order valence-corrected chi connectivity index (χ2v) is 8.23. The molecule has 10 heteroatoms. The Hall–Kier alpha value is -2.88. The summed E-state index contributed by atoms with van der Waals surface area (Å²) in [7, 11) is -2.35. The first-order valence-electron chi connectivity index (χ1n) is 8.59. The second kappa shape index (κ2) is 9.55. The molecule has 0 saturated carbocycles. The van der Waals surface area contributed by atoms with Gasteiger partial charge in [-0.15, -0.1) is 0 Å². The van der Waals surface area contributed by atoms with Crippen molar-refractivity contribution in [2.24, 2.45) is 0 Å². The predicted molar refractivity (Wildman–Crippen MR) is 105 cm³/mol. The molecule has 0 spiro atoms. The molecule has 0 bridgehead atoms. The third-order valence-electron chi connectivity index (χ3n) is 3.85. The van der Waals surface area contributed by atoms with E-state index in [0.717, 1.165) is 24.5 Å². The van der Waals surface area contributed by atoms with Crippen LogP contribution in [-0.2, 0) is 14.8 Å². The van der Waals surface area contributed by atoms with Crippen molar-refractivity contribution in [1.29, 1.82) is 0 Å². The minimum Gasteiger partial charge on any atom is -0.497 e. The Bertz CT molecular complexity index is 952. The van der Waals surface area contributed by atoms with Gasteiger partial charge in [-0.1, -0.05) is 0 Å². The molecule has 0 fully saturated rings. The molecule has 158 valence electrons. The van der Waals surface area contributed by atoms with Crippen molar-refractivity contribution >= 4 is 21.6 Å². The number of nitrogens with one attached hydrogen (secondary N) is 1. The fraction of sp³-hybridized carbons (Fsp3) is 0.316. The minimum atomic E-state index is -3.90. The molecule has 0 saturated heterocycles. The van der Waals surface area contributed by atoms with Crippen LogP contribution in [0.2, 0.25) is 0 Å². The Morgan fingerprint density at radius 2 is 1.72 bits per heavy atom. The molecule has 0 radical (unpaired) electrons. The van der Waals surface area contributed by atoms with E-state index in [1.54, 1.807) is 38.3 Å². The fourth-order valence-electron chi connectivity index (χ4n) is 2.43. The Morgan fingerprint density at radius 3 is 2.28 bits per heavy atom. The van der Waals surface area contributed by atoms with Gasteiger partial charge < -0.3 is 14.8 Å². The summed E-state index contributed by atoms with van der Waals surface area (Å²) >= 11 is 0. The summed E-state index contributed by atoms with van der Waals surface area (Å²) in [5.74, 6) is -1.69. The van der Waals surface area contributed by atoms with Crippen molar-refractivity contribution in [2.75, 3.05) is 30.8 Å². The van der Waals surface area contributed by atoms with Crippen molar-refractivity contribution in [1.82, 2.24) is 5.32 Å². The number of nitrogens with zero attached hydrogens (tertiary/aromatic N) is 1. The van der Waals surface area contributed by atoms with Gasteiger partial charge in [0.1, 0.15) is 24.7 Å². The lowest BCUT2D eigenvalue weighted by Crippen LogP contribution is -2.45. The number of sulfonamides is 1. The molecule has 0 unspecified atom stereocenters. The molecule has 1 N–H and O–H groups in total. The van der Waals surface area contributed by atoms with E-state index >= 15 is 0 Å². The molecule has 0 heterocycles. The van der Waals surface area contributed by atoms with Crippen LogP contribution in [0.5, 0.6) is 11.5 Å². The first-order valence-corrected chi connectivity index (χ1v) is 10.4. The number of benzene rings is 2. The molecule has 0 aromatic heterocycles. The number of hydrogen-bond acceptors (Lipinski definition) is 5. The SMILES string of the molecule is COc1ccc(OC[C@@H](C)NC(=O)CN(c2ccc(F)c(F)c2)S(C)(=O)=O)cc1. The van der Waals surface area contributed by atoms with Gasteiger partial charge in [-0.3, -0.25) is 9.10 Å². The second-order valence-electron chi connectivity index (χ2n) is 6.32. The average Bonchev–Trinajstić information content (AvgIpc) is 2.66. The third-order valence-corrected chi connectivity index (χ3v) is 4.99. The van der Waals surface area contributed by atoms with Crippen molar-refractivity contribution in [3.8, 4) is 11.5 Å². The number of carbonyl (C=O) groups excluding carboxylic acids is 1. The summed E-state index contributed by atoms with van der Waals surface area (Å²) < 4.78 is 61.9. The maximum absolute atomic E-state index is 13.5. The van der Waals surface area contributed by atoms with Gasteiger partial charge in [0, 0.05) is 6.07 Å². The van der Waals surface area contributed by atoms with Crippen LogP contribution >= 0.6 is 0 Å². The highest BCUT2D eigenvalue weighted by atomic mass is 32.2. The number of halogens is 2. The molecule has 2 aromatic rings. The summed E-state index contributed by atoms with van der Waals surface area (Å²) in [6, 6.07) is 9.05. The highest BCUT2D eigenvalue weighted by Gasteiger charge is 2.22. The van der Waals surface area contributed by atoms with E-state index in [-0.39, 0.29) is 12.3 Å². The molecule has 1 amide bonds. The normalized spacial score (nSPS) is 12.2. The first kappa shape index (κ1) is 22.4. The topological polar surface area (TPSA) is 84.9 Å². The largest absolute Gasteiger partial charge is 0.497 e. The molecule has 0 aliphatic carbocycles. The van der Waals surface area contributed by atoms with Crippen molar-refractivity contribution < 1.29 is 31.5 Å². The average molecular weight is 428 g/mol. The molecule has 2 aromatic carbocycles. The number of carbonyl (C=O) groups is 1. The summed E-state index contributed by atoms with van der Waals surface area (Å²) in [4.78, 5) is 12.3. The molecule has 0 aliphatic rings. The van der Waals surface area contributed by atoms with Crippen LogP contribution in [0, 0.1) is 11.6 Å². The summed E-state index contributed by atoms with van der Waals surface area (Å²) in [6.07, 6.45) is 0.873. The lowest BCUT2D eigenvalue weighted by Gasteiger charge is -2.23. The van der Waals surface area contributed by atoms with Crippen LogP contribution < -0.4 is 19.1 Å². The quantitative estimate of drug-likeness (QED) is 0.663. The fourth-order valence-corrected chi connectivity index (χ4v) is 3.27. The number of anilines is 1. The lowest BCUT2D eigenvalue weighted by atomic mass is 10.3. The number of hydrogen-bond donors (Lipinski definition) is 1. The zero-order valence-electron chi connectivity index (χ0n) is 16.2. The van der Waals surface area contributed by atoms with Gasteiger partial charge in [0.05, 0.1) is 25.1 Å². The molecule has 0 aliphatic heterocycles. The molecular weight excluding hydrogens is 406 g/mol. The standard InChI is InChI=1S/C19H22F2N2O5S/c1-13(12-28-16-7-5-15(27-2)6-8-16)22-19(24)11-23(29(3,25)26)14-4-9-17(20)18(21)10-14/h4-10,13H,11-12H2,1-3H3,(H,22,24)/t13-/m1/s1. The van der Waals surface area contributed by atoms with Gasteiger partial charge in [0.25, 0.3) is 0 Å².